The molecule has 0 saturated carbocycles. The highest BCUT2D eigenvalue weighted by Crippen LogP contribution is 2.46. The maximum atomic E-state index is 14.7. The van der Waals surface area contributed by atoms with Gasteiger partial charge in [0.05, 0.1) is 57.6 Å². The van der Waals surface area contributed by atoms with Crippen LogP contribution in [0.4, 0.5) is 23.2 Å². The Labute approximate surface area is 231 Å². The number of nitrogens with zero attached hydrogens (tertiary/aromatic N) is 6. The second-order valence-electron chi connectivity index (χ2n) is 10.7. The Bertz CT molecular complexity index is 1660. The molecule has 5 heterocycles. The molecule has 212 valence electrons. The average molecular weight is 599 g/mol. The van der Waals surface area contributed by atoms with Gasteiger partial charge in [-0.2, -0.15) is 18.3 Å². The fourth-order valence-electron chi connectivity index (χ4n) is 6.08. The van der Waals surface area contributed by atoms with E-state index in [1.54, 1.807) is 18.9 Å². The van der Waals surface area contributed by atoms with E-state index in [0.29, 0.717) is 41.9 Å². The molecule has 0 N–H and O–H groups in total. The first kappa shape index (κ1) is 26.9. The van der Waals surface area contributed by atoms with Crippen molar-refractivity contribution in [1.29, 1.82) is 0 Å². The van der Waals surface area contributed by atoms with E-state index < -0.39 is 39.5 Å². The molecule has 3 aliphatic heterocycles. The van der Waals surface area contributed by atoms with E-state index in [2.05, 4.69) is 15.1 Å². The number of hydrogen-bond acceptors (Lipinski definition) is 7. The molecular weight excluding hydrogens is 576 g/mol. The molecule has 2 fully saturated rings. The molecule has 15 heteroatoms. The summed E-state index contributed by atoms with van der Waals surface area (Å²) in [5.74, 6) is -1.00. The SMILES string of the molecule is C[C@H]1c2nn(C)c(-c3cncc(C(F)(F)F)n3)c2CCN1C(=O)c1cc(F)cc(N2CC3(C2)CS(=O)(=O)C3)c1Cl. The van der Waals surface area contributed by atoms with Crippen molar-refractivity contribution in [2.45, 2.75) is 25.6 Å². The molecule has 40 heavy (non-hydrogen) atoms. The zero-order valence-corrected chi connectivity index (χ0v) is 22.9. The molecule has 0 aliphatic carbocycles. The van der Waals surface area contributed by atoms with Crippen molar-refractivity contribution in [3.8, 4) is 11.4 Å². The largest absolute Gasteiger partial charge is 0.434 e. The van der Waals surface area contributed by atoms with E-state index in [1.807, 2.05) is 0 Å². The van der Waals surface area contributed by atoms with Crippen LogP contribution < -0.4 is 4.90 Å². The topological polar surface area (TPSA) is 101 Å². The molecular formula is C25H23ClF4N6O3S. The molecule has 2 aromatic heterocycles. The number of hydrogen-bond donors (Lipinski definition) is 0. The van der Waals surface area contributed by atoms with Gasteiger partial charge in [0.1, 0.15) is 11.5 Å². The predicted molar refractivity (Wildman–Crippen MR) is 137 cm³/mol. The molecule has 2 saturated heterocycles. The molecule has 0 unspecified atom stereocenters. The van der Waals surface area contributed by atoms with Gasteiger partial charge in [-0.25, -0.2) is 17.8 Å². The van der Waals surface area contributed by atoms with E-state index in [-0.39, 0.29) is 46.2 Å². The lowest BCUT2D eigenvalue weighted by Crippen LogP contribution is -2.68. The lowest BCUT2D eigenvalue weighted by molar-refractivity contribution is -0.141. The number of carbonyl (C=O) groups is 1. The van der Waals surface area contributed by atoms with Gasteiger partial charge in [-0.05, 0) is 25.5 Å². The molecule has 1 aromatic carbocycles. The Morgan fingerprint density at radius 2 is 1.88 bits per heavy atom. The van der Waals surface area contributed by atoms with Gasteiger partial charge in [-0.1, -0.05) is 11.6 Å². The lowest BCUT2D eigenvalue weighted by Gasteiger charge is -2.56. The summed E-state index contributed by atoms with van der Waals surface area (Å²) in [5, 5.41) is 4.56. The summed E-state index contributed by atoms with van der Waals surface area (Å²) in [6.45, 7) is 2.73. The standard InChI is InChI=1S/C25H23ClF4N6O3S/c1-13-21-15(22(34(2)33-21)17-7-31-8-19(32-17)25(28,29)30)3-4-36(13)23(37)16-5-14(27)6-18(20(16)26)35-9-24(10-35)11-40(38,39)12-24/h5-8,13H,3-4,9-12H2,1-2H3/t13-/m0/s1. The fourth-order valence-corrected chi connectivity index (χ4v) is 8.54. The normalized spacial score (nSPS) is 21.1. The number of sulfone groups is 1. The van der Waals surface area contributed by atoms with Gasteiger partial charge >= 0.3 is 6.18 Å². The molecule has 3 aromatic rings. The van der Waals surface area contributed by atoms with Crippen LogP contribution in [0.5, 0.6) is 0 Å². The maximum absolute atomic E-state index is 14.7. The maximum Gasteiger partial charge on any atom is 0.434 e. The van der Waals surface area contributed by atoms with Crippen LogP contribution >= 0.6 is 11.6 Å². The van der Waals surface area contributed by atoms with E-state index >= 15 is 0 Å². The number of rotatable bonds is 3. The Kier molecular flexibility index (Phi) is 5.97. The van der Waals surface area contributed by atoms with Crippen molar-refractivity contribution in [2.75, 3.05) is 36.0 Å². The Morgan fingerprint density at radius 1 is 1.18 bits per heavy atom. The Morgan fingerprint density at radius 3 is 2.52 bits per heavy atom. The van der Waals surface area contributed by atoms with Crippen molar-refractivity contribution < 1.29 is 30.8 Å². The van der Waals surface area contributed by atoms with Gasteiger partial charge in [0.25, 0.3) is 5.91 Å². The van der Waals surface area contributed by atoms with Crippen LogP contribution in [0.15, 0.2) is 24.5 Å². The second-order valence-corrected chi connectivity index (χ2v) is 13.2. The minimum Gasteiger partial charge on any atom is -0.369 e. The molecule has 1 atom stereocenters. The zero-order chi connectivity index (χ0) is 28.8. The summed E-state index contributed by atoms with van der Waals surface area (Å²) in [7, 11) is -1.45. The van der Waals surface area contributed by atoms with E-state index in [9.17, 15) is 30.8 Å². The number of aromatic nitrogens is 4. The number of anilines is 1. The number of alkyl halides is 3. The van der Waals surface area contributed by atoms with Crippen molar-refractivity contribution >= 4 is 33.0 Å². The van der Waals surface area contributed by atoms with E-state index in [1.165, 1.54) is 21.8 Å². The minimum absolute atomic E-state index is 0.0162. The average Bonchev–Trinajstić information content (AvgIpc) is 3.18. The van der Waals surface area contributed by atoms with Gasteiger partial charge < -0.3 is 9.80 Å². The van der Waals surface area contributed by atoms with E-state index in [4.69, 9.17) is 11.6 Å². The minimum atomic E-state index is -4.66. The fraction of sp³-hybridized carbons (Fsp3) is 0.440. The number of benzene rings is 1. The van der Waals surface area contributed by atoms with Crippen LogP contribution in [0.3, 0.4) is 0 Å². The van der Waals surface area contributed by atoms with Crippen molar-refractivity contribution in [3.63, 3.8) is 0 Å². The smallest absolute Gasteiger partial charge is 0.369 e. The highest BCUT2D eigenvalue weighted by molar-refractivity contribution is 7.92. The third kappa shape index (κ3) is 4.31. The molecule has 9 nitrogen and oxygen atoms in total. The number of aryl methyl sites for hydroxylation is 1. The number of carbonyl (C=O) groups excluding carboxylic acids is 1. The monoisotopic (exact) mass is 598 g/mol. The summed E-state index contributed by atoms with van der Waals surface area (Å²) in [6, 6.07) is 1.71. The molecule has 6 rings (SSSR count). The van der Waals surface area contributed by atoms with E-state index in [0.717, 1.165) is 6.07 Å². The molecule has 0 bridgehead atoms. The Hall–Kier alpha value is -3.26. The van der Waals surface area contributed by atoms with Crippen LogP contribution in [0.25, 0.3) is 11.4 Å². The van der Waals surface area contributed by atoms with Crippen molar-refractivity contribution in [2.24, 2.45) is 12.5 Å². The predicted octanol–water partition coefficient (Wildman–Crippen LogP) is 3.68. The van der Waals surface area contributed by atoms with Crippen LogP contribution in [-0.2, 0) is 29.5 Å². The van der Waals surface area contributed by atoms with Crippen LogP contribution in [-0.4, -0.2) is 70.1 Å². The number of amides is 1. The zero-order valence-electron chi connectivity index (χ0n) is 21.3. The van der Waals surface area contributed by atoms with Crippen LogP contribution in [0.1, 0.15) is 40.3 Å². The third-order valence-electron chi connectivity index (χ3n) is 7.76. The van der Waals surface area contributed by atoms with Gasteiger partial charge in [0.2, 0.25) is 0 Å². The molecule has 1 amide bonds. The van der Waals surface area contributed by atoms with Crippen LogP contribution in [0.2, 0.25) is 5.02 Å². The van der Waals surface area contributed by atoms with Gasteiger partial charge in [0.15, 0.2) is 15.5 Å². The number of fused-ring (bicyclic) bond motifs is 1. The first-order valence-electron chi connectivity index (χ1n) is 12.4. The lowest BCUT2D eigenvalue weighted by atomic mass is 9.82. The van der Waals surface area contributed by atoms with Crippen LogP contribution in [0, 0.1) is 11.2 Å². The summed E-state index contributed by atoms with van der Waals surface area (Å²) in [5.41, 5.74) is 0.356. The number of halogens is 5. The highest BCUT2D eigenvalue weighted by Gasteiger charge is 2.56. The first-order valence-corrected chi connectivity index (χ1v) is 14.6. The van der Waals surface area contributed by atoms with Gasteiger partial charge in [-0.3, -0.25) is 14.5 Å². The summed E-state index contributed by atoms with van der Waals surface area (Å²) in [4.78, 5) is 24.4. The first-order chi connectivity index (χ1) is 18.7. The molecule has 1 spiro atoms. The van der Waals surface area contributed by atoms with Crippen molar-refractivity contribution in [3.05, 3.63) is 57.9 Å². The summed E-state index contributed by atoms with van der Waals surface area (Å²) < 4.78 is 79.1. The van der Waals surface area contributed by atoms with Gasteiger partial charge in [0, 0.05) is 37.7 Å². The molecule has 3 aliphatic rings. The second kappa shape index (κ2) is 8.87. The highest BCUT2D eigenvalue weighted by atomic mass is 35.5. The van der Waals surface area contributed by atoms with Gasteiger partial charge in [-0.15, -0.1) is 0 Å². The molecule has 0 radical (unpaired) electrons. The van der Waals surface area contributed by atoms with Crippen molar-refractivity contribution in [1.82, 2.24) is 24.6 Å². The quantitative estimate of drug-likeness (QED) is 0.424. The summed E-state index contributed by atoms with van der Waals surface area (Å²) >= 11 is 6.62. The summed E-state index contributed by atoms with van der Waals surface area (Å²) in [6.07, 6.45) is -2.49. The third-order valence-corrected chi connectivity index (χ3v) is 10.3. The Balaban J connectivity index is 1.27.